The van der Waals surface area contributed by atoms with Crippen molar-refractivity contribution in [2.75, 3.05) is 17.7 Å². The second kappa shape index (κ2) is 10.3. The zero-order chi connectivity index (χ0) is 22.4. The number of pyridine rings is 1. The van der Waals surface area contributed by atoms with Crippen LogP contribution in [0.5, 0.6) is 5.75 Å². The van der Waals surface area contributed by atoms with Crippen molar-refractivity contribution in [1.29, 1.82) is 0 Å². The van der Waals surface area contributed by atoms with E-state index in [0.29, 0.717) is 25.4 Å². The minimum absolute atomic E-state index is 0.187. The molecule has 1 aromatic carbocycles. The summed E-state index contributed by atoms with van der Waals surface area (Å²) < 4.78 is 12.3. The number of nitrogens with two attached hydrogens (primary N) is 1. The zero-order valence-electron chi connectivity index (χ0n) is 19.8. The summed E-state index contributed by atoms with van der Waals surface area (Å²) in [5.41, 5.74) is 10.8. The molecule has 0 bridgehead atoms. The Bertz CT molecular complexity index is 832. The molecule has 0 fully saturated rings. The minimum atomic E-state index is -1.80. The fourth-order valence-electron chi connectivity index (χ4n) is 2.69. The maximum Gasteiger partial charge on any atom is 0.192 e. The highest BCUT2D eigenvalue weighted by atomic mass is 28.4. The van der Waals surface area contributed by atoms with E-state index in [2.05, 4.69) is 57.2 Å². The SMILES string of the molecule is CCCCOc1ccc(C)nc1CNc1cc(CO[Si](C)(C)C(C)(C)C)ccc1N. The summed E-state index contributed by atoms with van der Waals surface area (Å²) >= 11 is 0. The molecular weight excluding hydrogens is 390 g/mol. The average molecular weight is 430 g/mol. The molecule has 0 saturated carbocycles. The van der Waals surface area contributed by atoms with Crippen LogP contribution in [-0.2, 0) is 17.6 Å². The molecule has 0 aliphatic rings. The van der Waals surface area contributed by atoms with E-state index in [1.54, 1.807) is 0 Å². The van der Waals surface area contributed by atoms with Gasteiger partial charge in [-0.05, 0) is 61.3 Å². The lowest BCUT2D eigenvalue weighted by molar-refractivity contribution is 0.276. The minimum Gasteiger partial charge on any atom is -0.492 e. The Kier molecular flexibility index (Phi) is 8.32. The van der Waals surface area contributed by atoms with E-state index in [4.69, 9.17) is 14.9 Å². The summed E-state index contributed by atoms with van der Waals surface area (Å²) in [7, 11) is -1.80. The van der Waals surface area contributed by atoms with Crippen LogP contribution >= 0.6 is 0 Å². The smallest absolute Gasteiger partial charge is 0.192 e. The molecule has 3 N–H and O–H groups in total. The van der Waals surface area contributed by atoms with Gasteiger partial charge in [0.05, 0.1) is 31.1 Å². The topological polar surface area (TPSA) is 69.4 Å². The molecule has 2 rings (SSSR count). The number of nitrogen functional groups attached to an aromatic ring is 1. The predicted molar refractivity (Wildman–Crippen MR) is 130 cm³/mol. The molecule has 0 radical (unpaired) electrons. The van der Waals surface area contributed by atoms with Crippen LogP contribution in [0.4, 0.5) is 11.4 Å². The van der Waals surface area contributed by atoms with Crippen molar-refractivity contribution >= 4 is 19.7 Å². The maximum atomic E-state index is 6.37. The van der Waals surface area contributed by atoms with Crippen LogP contribution in [0.2, 0.25) is 18.1 Å². The van der Waals surface area contributed by atoms with Gasteiger partial charge in [-0.15, -0.1) is 0 Å². The molecule has 5 nitrogen and oxygen atoms in total. The molecule has 0 saturated heterocycles. The Morgan fingerprint density at radius 3 is 2.53 bits per heavy atom. The number of aromatic nitrogens is 1. The lowest BCUT2D eigenvalue weighted by Crippen LogP contribution is -2.40. The number of hydrogen-bond acceptors (Lipinski definition) is 5. The molecule has 6 heteroatoms. The van der Waals surface area contributed by atoms with E-state index in [1.165, 1.54) is 0 Å². The fraction of sp³-hybridized carbons (Fsp3) is 0.542. The second-order valence-corrected chi connectivity index (χ2v) is 14.2. The summed E-state index contributed by atoms with van der Waals surface area (Å²) in [6.07, 6.45) is 2.14. The molecule has 2 aromatic rings. The van der Waals surface area contributed by atoms with Crippen molar-refractivity contribution in [2.45, 2.75) is 78.7 Å². The summed E-state index contributed by atoms with van der Waals surface area (Å²) in [4.78, 5) is 4.67. The van der Waals surface area contributed by atoms with Gasteiger partial charge in [-0.3, -0.25) is 4.98 Å². The highest BCUT2D eigenvalue weighted by Crippen LogP contribution is 2.37. The molecule has 0 unspecified atom stereocenters. The van der Waals surface area contributed by atoms with Crippen molar-refractivity contribution < 1.29 is 9.16 Å². The van der Waals surface area contributed by atoms with Gasteiger partial charge in [0.15, 0.2) is 8.32 Å². The van der Waals surface area contributed by atoms with Crippen molar-refractivity contribution in [3.05, 3.63) is 47.3 Å². The quantitative estimate of drug-likeness (QED) is 0.264. The van der Waals surface area contributed by atoms with Crippen molar-refractivity contribution in [3.63, 3.8) is 0 Å². The third-order valence-electron chi connectivity index (χ3n) is 5.80. The van der Waals surface area contributed by atoms with Crippen molar-refractivity contribution in [2.24, 2.45) is 0 Å². The van der Waals surface area contributed by atoms with Crippen molar-refractivity contribution in [1.82, 2.24) is 4.98 Å². The van der Waals surface area contributed by atoms with Crippen molar-refractivity contribution in [3.8, 4) is 5.75 Å². The lowest BCUT2D eigenvalue weighted by atomic mass is 10.1. The van der Waals surface area contributed by atoms with Gasteiger partial charge in [0, 0.05) is 5.69 Å². The number of hydrogen-bond donors (Lipinski definition) is 2. The standard InChI is InChI=1S/C24H39N3O2Si/c1-8-9-14-28-23-13-10-18(2)27-22(23)16-26-21-15-19(11-12-20(21)25)17-29-30(6,7)24(3,4)5/h10-13,15,26H,8-9,14,16-17,25H2,1-7H3. The highest BCUT2D eigenvalue weighted by Gasteiger charge is 2.37. The van der Waals surface area contributed by atoms with Gasteiger partial charge in [-0.1, -0.05) is 40.2 Å². The van der Waals surface area contributed by atoms with Gasteiger partial charge in [-0.25, -0.2) is 0 Å². The number of benzene rings is 1. The third kappa shape index (κ3) is 6.74. The molecule has 166 valence electrons. The van der Waals surface area contributed by atoms with Crippen LogP contribution in [0.25, 0.3) is 0 Å². The zero-order valence-corrected chi connectivity index (χ0v) is 20.8. The first-order chi connectivity index (χ1) is 14.0. The van der Waals surface area contributed by atoms with Gasteiger partial charge in [0.2, 0.25) is 0 Å². The van der Waals surface area contributed by atoms with Gasteiger partial charge in [0.1, 0.15) is 11.4 Å². The van der Waals surface area contributed by atoms with Gasteiger partial charge < -0.3 is 20.2 Å². The molecule has 0 aliphatic carbocycles. The molecule has 0 aliphatic heterocycles. The van der Waals surface area contributed by atoms with E-state index >= 15 is 0 Å². The van der Waals surface area contributed by atoms with Crippen LogP contribution in [0.3, 0.4) is 0 Å². The molecular formula is C24H39N3O2Si. The van der Waals surface area contributed by atoms with Crippen LogP contribution in [-0.4, -0.2) is 19.9 Å². The molecule has 30 heavy (non-hydrogen) atoms. The number of nitrogens with zero attached hydrogens (tertiary/aromatic N) is 1. The predicted octanol–water partition coefficient (Wildman–Crippen LogP) is 6.29. The summed E-state index contributed by atoms with van der Waals surface area (Å²) in [5, 5.41) is 3.63. The highest BCUT2D eigenvalue weighted by molar-refractivity contribution is 6.74. The number of anilines is 2. The first-order valence-electron chi connectivity index (χ1n) is 10.9. The lowest BCUT2D eigenvalue weighted by Gasteiger charge is -2.36. The number of unbranched alkanes of at least 4 members (excludes halogenated alkanes) is 1. The number of aryl methyl sites for hydroxylation is 1. The molecule has 1 heterocycles. The second-order valence-electron chi connectivity index (χ2n) is 9.42. The Balaban J connectivity index is 2.09. The van der Waals surface area contributed by atoms with Gasteiger partial charge >= 0.3 is 0 Å². The molecule has 0 spiro atoms. The Labute approximate surface area is 183 Å². The normalized spacial score (nSPS) is 12.1. The van der Waals surface area contributed by atoms with E-state index in [1.807, 2.05) is 31.2 Å². The Morgan fingerprint density at radius 2 is 1.87 bits per heavy atom. The fourth-order valence-corrected chi connectivity index (χ4v) is 3.65. The third-order valence-corrected chi connectivity index (χ3v) is 10.3. The molecule has 0 atom stereocenters. The summed E-state index contributed by atoms with van der Waals surface area (Å²) in [6, 6.07) is 10.0. The maximum absolute atomic E-state index is 6.37. The van der Waals surface area contributed by atoms with Crippen LogP contribution in [0.1, 0.15) is 57.5 Å². The first kappa shape index (κ1) is 24.2. The van der Waals surface area contributed by atoms with E-state index in [0.717, 1.165) is 41.2 Å². The largest absolute Gasteiger partial charge is 0.492 e. The number of rotatable bonds is 10. The van der Waals surface area contributed by atoms with E-state index in [9.17, 15) is 0 Å². The average Bonchev–Trinajstić information content (AvgIpc) is 2.67. The number of nitrogens with one attached hydrogen (secondary N) is 1. The summed E-state index contributed by atoms with van der Waals surface area (Å²) in [6.45, 7) is 17.3. The van der Waals surface area contributed by atoms with Gasteiger partial charge in [-0.2, -0.15) is 0 Å². The van der Waals surface area contributed by atoms with E-state index in [-0.39, 0.29) is 5.04 Å². The number of ether oxygens (including phenoxy) is 1. The molecule has 1 aromatic heterocycles. The summed E-state index contributed by atoms with van der Waals surface area (Å²) in [5.74, 6) is 0.831. The van der Waals surface area contributed by atoms with E-state index < -0.39 is 8.32 Å². The molecule has 0 amide bonds. The van der Waals surface area contributed by atoms with Gasteiger partial charge in [0.25, 0.3) is 0 Å². The monoisotopic (exact) mass is 429 g/mol. The van der Waals surface area contributed by atoms with Crippen LogP contribution in [0, 0.1) is 6.92 Å². The first-order valence-corrected chi connectivity index (χ1v) is 13.8. The van der Waals surface area contributed by atoms with Crippen LogP contribution < -0.4 is 15.8 Å². The van der Waals surface area contributed by atoms with Crippen LogP contribution in [0.15, 0.2) is 30.3 Å². The Morgan fingerprint density at radius 1 is 1.13 bits per heavy atom. The Hall–Kier alpha value is -2.05.